The summed E-state index contributed by atoms with van der Waals surface area (Å²) >= 11 is 7.37. The summed E-state index contributed by atoms with van der Waals surface area (Å²) in [6.45, 7) is 3.32. The second-order valence-corrected chi connectivity index (χ2v) is 8.63. The van der Waals surface area contributed by atoms with Crippen molar-refractivity contribution in [1.29, 1.82) is 5.26 Å². The lowest BCUT2D eigenvalue weighted by atomic mass is 10.0. The van der Waals surface area contributed by atoms with Gasteiger partial charge in [0.15, 0.2) is 0 Å². The number of likely N-dealkylation sites (tertiary alicyclic amines) is 2. The van der Waals surface area contributed by atoms with Gasteiger partial charge in [-0.2, -0.15) is 5.26 Å². The van der Waals surface area contributed by atoms with Gasteiger partial charge in [-0.05, 0) is 31.4 Å². The standard InChI is InChI=1S/C18H20ClN5O2S/c19-15-4-3-13(27-15)11-26-17-14(9-20)16(21-22-17)12-5-8-24(10-12)18(25)23-6-1-2-7-23/h3-4,12H,1-2,5-8,10-11H2,(H,21,22). The second kappa shape index (κ2) is 7.79. The molecule has 2 aliphatic heterocycles. The quantitative estimate of drug-likeness (QED) is 0.842. The zero-order valence-electron chi connectivity index (χ0n) is 14.8. The van der Waals surface area contributed by atoms with Crippen molar-refractivity contribution in [2.75, 3.05) is 26.2 Å². The van der Waals surface area contributed by atoms with Crippen LogP contribution in [0.15, 0.2) is 12.1 Å². The third-order valence-corrected chi connectivity index (χ3v) is 6.30. The molecule has 0 aliphatic carbocycles. The number of H-pyrrole nitrogens is 1. The lowest BCUT2D eigenvalue weighted by Gasteiger charge is -2.23. The maximum Gasteiger partial charge on any atom is 0.320 e. The zero-order chi connectivity index (χ0) is 18.8. The third-order valence-electron chi connectivity index (χ3n) is 5.10. The fraction of sp³-hybridized carbons (Fsp3) is 0.500. The van der Waals surface area contributed by atoms with Crippen LogP contribution in [-0.2, 0) is 6.61 Å². The van der Waals surface area contributed by atoms with Crippen LogP contribution in [-0.4, -0.2) is 52.2 Å². The average molecular weight is 406 g/mol. The molecule has 1 N–H and O–H groups in total. The van der Waals surface area contributed by atoms with Gasteiger partial charge >= 0.3 is 6.03 Å². The van der Waals surface area contributed by atoms with Crippen molar-refractivity contribution in [3.05, 3.63) is 32.6 Å². The molecule has 0 saturated carbocycles. The molecule has 4 rings (SSSR count). The fourth-order valence-electron chi connectivity index (χ4n) is 3.69. The molecule has 0 bridgehead atoms. The molecule has 2 aliphatic rings. The van der Waals surface area contributed by atoms with Gasteiger partial charge in [0.25, 0.3) is 5.88 Å². The van der Waals surface area contributed by atoms with E-state index in [9.17, 15) is 10.1 Å². The molecule has 2 amide bonds. The number of nitrogens with zero attached hydrogens (tertiary/aromatic N) is 4. The van der Waals surface area contributed by atoms with Gasteiger partial charge in [-0.25, -0.2) is 4.79 Å². The first-order valence-electron chi connectivity index (χ1n) is 9.05. The van der Waals surface area contributed by atoms with Crippen LogP contribution in [0.3, 0.4) is 0 Å². The first kappa shape index (κ1) is 18.1. The largest absolute Gasteiger partial charge is 0.470 e. The molecule has 2 aromatic heterocycles. The Bertz CT molecular complexity index is 867. The van der Waals surface area contributed by atoms with Crippen molar-refractivity contribution in [3.63, 3.8) is 0 Å². The number of carbonyl (C=O) groups is 1. The SMILES string of the molecule is N#Cc1c(OCc2ccc(Cl)s2)n[nH]c1C1CCN(C(=O)N2CCCC2)C1. The lowest BCUT2D eigenvalue weighted by molar-refractivity contribution is 0.172. The number of urea groups is 1. The van der Waals surface area contributed by atoms with E-state index in [2.05, 4.69) is 16.3 Å². The lowest BCUT2D eigenvalue weighted by Crippen LogP contribution is -2.40. The normalized spacial score (nSPS) is 19.5. The molecule has 1 unspecified atom stereocenters. The minimum absolute atomic E-state index is 0.0761. The smallest absolute Gasteiger partial charge is 0.320 e. The van der Waals surface area contributed by atoms with E-state index < -0.39 is 0 Å². The van der Waals surface area contributed by atoms with Crippen LogP contribution in [0.2, 0.25) is 4.34 Å². The molecule has 0 radical (unpaired) electrons. The number of nitriles is 1. The molecule has 7 nitrogen and oxygen atoms in total. The number of rotatable bonds is 4. The molecular weight excluding hydrogens is 386 g/mol. The van der Waals surface area contributed by atoms with Gasteiger partial charge in [0, 0.05) is 37.0 Å². The average Bonchev–Trinajstić information content (AvgIpc) is 3.45. The molecule has 2 fully saturated rings. The summed E-state index contributed by atoms with van der Waals surface area (Å²) in [6, 6.07) is 6.03. The van der Waals surface area contributed by atoms with E-state index in [1.807, 2.05) is 21.9 Å². The number of carbonyl (C=O) groups excluding carboxylic acids is 1. The van der Waals surface area contributed by atoms with E-state index in [4.69, 9.17) is 16.3 Å². The number of halogens is 1. The monoisotopic (exact) mass is 405 g/mol. The number of amides is 2. The van der Waals surface area contributed by atoms with Crippen molar-refractivity contribution < 1.29 is 9.53 Å². The Labute approximate surface area is 166 Å². The van der Waals surface area contributed by atoms with E-state index >= 15 is 0 Å². The molecule has 4 heterocycles. The minimum atomic E-state index is 0.0761. The van der Waals surface area contributed by atoms with Crippen LogP contribution < -0.4 is 4.74 Å². The predicted molar refractivity (Wildman–Crippen MR) is 102 cm³/mol. The minimum Gasteiger partial charge on any atom is -0.470 e. The predicted octanol–water partition coefficient (Wildman–Crippen LogP) is 3.58. The Morgan fingerprint density at radius 1 is 1.37 bits per heavy atom. The second-order valence-electron chi connectivity index (χ2n) is 6.83. The van der Waals surface area contributed by atoms with Gasteiger partial charge in [-0.3, -0.25) is 5.10 Å². The fourth-order valence-corrected chi connectivity index (χ4v) is 4.69. The molecule has 27 heavy (non-hydrogen) atoms. The Morgan fingerprint density at radius 2 is 2.19 bits per heavy atom. The van der Waals surface area contributed by atoms with Gasteiger partial charge in [0.1, 0.15) is 18.2 Å². The molecule has 0 aromatic carbocycles. The number of nitrogens with one attached hydrogen (secondary N) is 1. The van der Waals surface area contributed by atoms with Crippen LogP contribution in [0, 0.1) is 11.3 Å². The topological polar surface area (TPSA) is 85.2 Å². The maximum absolute atomic E-state index is 12.6. The third kappa shape index (κ3) is 3.75. The van der Waals surface area contributed by atoms with Crippen molar-refractivity contribution in [2.45, 2.75) is 31.8 Å². The number of ether oxygens (including phenoxy) is 1. The maximum atomic E-state index is 12.6. The van der Waals surface area contributed by atoms with Gasteiger partial charge in [0.05, 0.1) is 10.0 Å². The summed E-state index contributed by atoms with van der Waals surface area (Å²) < 4.78 is 6.42. The summed E-state index contributed by atoms with van der Waals surface area (Å²) in [4.78, 5) is 17.3. The van der Waals surface area contributed by atoms with E-state index in [1.54, 1.807) is 0 Å². The Kier molecular flexibility index (Phi) is 5.23. The van der Waals surface area contributed by atoms with Crippen molar-refractivity contribution in [2.24, 2.45) is 0 Å². The van der Waals surface area contributed by atoms with E-state index in [0.29, 0.717) is 35.5 Å². The van der Waals surface area contributed by atoms with Crippen LogP contribution in [0.1, 0.15) is 41.3 Å². The number of aromatic nitrogens is 2. The van der Waals surface area contributed by atoms with Gasteiger partial charge in [-0.15, -0.1) is 16.4 Å². The van der Waals surface area contributed by atoms with Gasteiger partial charge in [-0.1, -0.05) is 11.6 Å². The summed E-state index contributed by atoms with van der Waals surface area (Å²) in [7, 11) is 0. The van der Waals surface area contributed by atoms with Crippen LogP contribution in [0.5, 0.6) is 5.88 Å². The van der Waals surface area contributed by atoms with Crippen LogP contribution in [0.4, 0.5) is 4.79 Å². The highest BCUT2D eigenvalue weighted by molar-refractivity contribution is 7.16. The van der Waals surface area contributed by atoms with Crippen LogP contribution in [0.25, 0.3) is 0 Å². The molecular formula is C18H20ClN5O2S. The molecule has 9 heteroatoms. The highest BCUT2D eigenvalue weighted by atomic mass is 35.5. The van der Waals surface area contributed by atoms with Crippen molar-refractivity contribution in [3.8, 4) is 11.9 Å². The van der Waals surface area contributed by atoms with Gasteiger partial charge in [0.2, 0.25) is 0 Å². The first-order valence-corrected chi connectivity index (χ1v) is 10.2. The van der Waals surface area contributed by atoms with E-state index in [1.165, 1.54) is 11.3 Å². The van der Waals surface area contributed by atoms with E-state index in [0.717, 1.165) is 42.9 Å². The molecule has 2 saturated heterocycles. The highest BCUT2D eigenvalue weighted by Crippen LogP contribution is 2.33. The van der Waals surface area contributed by atoms with E-state index in [-0.39, 0.29) is 11.9 Å². The zero-order valence-corrected chi connectivity index (χ0v) is 16.4. The molecule has 2 aromatic rings. The summed E-state index contributed by atoms with van der Waals surface area (Å²) in [5.41, 5.74) is 1.19. The summed E-state index contributed by atoms with van der Waals surface area (Å²) in [6.07, 6.45) is 2.98. The summed E-state index contributed by atoms with van der Waals surface area (Å²) in [5, 5.41) is 16.8. The number of hydrogen-bond donors (Lipinski definition) is 1. The Hall–Kier alpha value is -2.24. The molecule has 0 spiro atoms. The number of aromatic amines is 1. The summed E-state index contributed by atoms with van der Waals surface area (Å²) in [5.74, 6) is 0.383. The van der Waals surface area contributed by atoms with Crippen LogP contribution >= 0.6 is 22.9 Å². The first-order chi connectivity index (χ1) is 13.2. The Morgan fingerprint density at radius 3 is 2.89 bits per heavy atom. The van der Waals surface area contributed by atoms with Crippen molar-refractivity contribution >= 4 is 29.0 Å². The molecule has 1 atom stereocenters. The van der Waals surface area contributed by atoms with Crippen molar-refractivity contribution in [1.82, 2.24) is 20.0 Å². The number of thiophene rings is 1. The number of hydrogen-bond acceptors (Lipinski definition) is 5. The highest BCUT2D eigenvalue weighted by Gasteiger charge is 2.34. The van der Waals surface area contributed by atoms with Gasteiger partial charge < -0.3 is 14.5 Å². The Balaban J connectivity index is 1.42. The molecule has 142 valence electrons.